The Morgan fingerprint density at radius 2 is 1.90 bits per heavy atom. The van der Waals surface area contributed by atoms with E-state index in [1.54, 1.807) is 35.7 Å². The van der Waals surface area contributed by atoms with Crippen molar-refractivity contribution in [1.82, 2.24) is 9.65 Å². The lowest BCUT2D eigenvalue weighted by atomic mass is 10.1. The summed E-state index contributed by atoms with van der Waals surface area (Å²) in [6.45, 7) is 0. The average molecular weight is 465 g/mol. The van der Waals surface area contributed by atoms with Gasteiger partial charge in [0.15, 0.2) is 0 Å². The van der Waals surface area contributed by atoms with Crippen LogP contribution in [-0.4, -0.2) is 36.5 Å². The monoisotopic (exact) mass is 465 g/mol. The molecule has 0 atom stereocenters. The number of fused-ring (bicyclic) bond motifs is 1. The van der Waals surface area contributed by atoms with Crippen molar-refractivity contribution < 1.29 is 26.3 Å². The maximum absolute atomic E-state index is 12.5. The predicted molar refractivity (Wildman–Crippen MR) is 116 cm³/mol. The van der Waals surface area contributed by atoms with Crippen LogP contribution in [0.15, 0.2) is 54.6 Å². The lowest BCUT2D eigenvalue weighted by Gasteiger charge is -2.11. The summed E-state index contributed by atoms with van der Waals surface area (Å²) < 4.78 is 76.0. The molecule has 2 aromatic carbocycles. The Labute approximate surface area is 178 Å². The summed E-state index contributed by atoms with van der Waals surface area (Å²) in [6, 6.07) is 13.5. The van der Waals surface area contributed by atoms with E-state index in [2.05, 4.69) is 23.8 Å². The fourth-order valence-corrected chi connectivity index (χ4v) is 4.34. The van der Waals surface area contributed by atoms with E-state index in [-0.39, 0.29) is 16.6 Å². The van der Waals surface area contributed by atoms with Crippen molar-refractivity contribution >= 4 is 54.9 Å². The molecule has 2 heterocycles. The van der Waals surface area contributed by atoms with Gasteiger partial charge in [0.25, 0.3) is 11.4 Å². The molecule has 0 saturated heterocycles. The zero-order chi connectivity index (χ0) is 22.1. The zero-order valence-corrected chi connectivity index (χ0v) is 17.0. The molecule has 1 aliphatic heterocycles. The molecule has 0 fully saturated rings. The molecule has 0 spiro atoms. The number of amidine groups is 1. The van der Waals surface area contributed by atoms with Crippen molar-refractivity contribution in [2.45, 2.75) is 6.36 Å². The summed E-state index contributed by atoms with van der Waals surface area (Å²) in [6.07, 6.45) is -3.39. The highest BCUT2D eigenvalue weighted by atomic mass is 32.2. The van der Waals surface area contributed by atoms with Gasteiger partial charge in [-0.05, 0) is 24.3 Å². The van der Waals surface area contributed by atoms with E-state index in [4.69, 9.17) is 0 Å². The molecule has 1 aromatic heterocycles. The molecule has 7 nitrogen and oxygen atoms in total. The van der Waals surface area contributed by atoms with Crippen LogP contribution in [0.25, 0.3) is 26.9 Å². The molecule has 1 N–H and O–H groups in total. The van der Waals surface area contributed by atoms with Crippen LogP contribution in [0.5, 0.6) is 5.75 Å². The topological polar surface area (TPSA) is 96.5 Å². The number of anilines is 1. The number of para-hydroxylation sites is 1. The molecule has 1 aliphatic rings. The number of benzene rings is 2. The van der Waals surface area contributed by atoms with Gasteiger partial charge in [-0.3, -0.25) is 4.72 Å². The smallest absolute Gasteiger partial charge is 0.406 e. The Morgan fingerprint density at radius 3 is 2.65 bits per heavy atom. The number of halogens is 3. The molecule has 4 rings (SSSR count). The van der Waals surface area contributed by atoms with Gasteiger partial charge in [-0.15, -0.1) is 13.2 Å². The van der Waals surface area contributed by atoms with E-state index in [9.17, 15) is 21.6 Å². The SMILES string of the molecule is O=S(=O)([N-]C1=[N+]=CC=[S+]1)Nc1cccc2ccc(-c3cccc(OC(F)(F)F)c3)nc12. The maximum atomic E-state index is 12.5. The molecule has 12 heteroatoms. The van der Waals surface area contributed by atoms with Gasteiger partial charge in [0.2, 0.25) is 5.37 Å². The van der Waals surface area contributed by atoms with Gasteiger partial charge in [0.1, 0.15) is 12.0 Å². The summed E-state index contributed by atoms with van der Waals surface area (Å²) >= 11 is 1.06. The van der Waals surface area contributed by atoms with E-state index >= 15 is 0 Å². The summed E-state index contributed by atoms with van der Waals surface area (Å²) in [7, 11) is -4.12. The van der Waals surface area contributed by atoms with Gasteiger partial charge in [0.05, 0.1) is 16.9 Å². The highest BCUT2D eigenvalue weighted by molar-refractivity contribution is 8.02. The van der Waals surface area contributed by atoms with Crippen LogP contribution in [0.3, 0.4) is 0 Å². The first-order chi connectivity index (χ1) is 14.7. The normalized spacial score (nSPS) is 13.3. The number of aromatic nitrogens is 1. The molecule has 0 saturated carbocycles. The second kappa shape index (κ2) is 7.99. The number of ether oxygens (including phenoxy) is 1. The first-order valence-electron chi connectivity index (χ1n) is 8.60. The quantitative estimate of drug-likeness (QED) is 0.356. The molecule has 31 heavy (non-hydrogen) atoms. The lowest BCUT2D eigenvalue weighted by molar-refractivity contribution is -0.274. The molecule has 3 aromatic rings. The van der Waals surface area contributed by atoms with Crippen LogP contribution >= 0.6 is 0 Å². The van der Waals surface area contributed by atoms with Crippen molar-refractivity contribution in [3.63, 3.8) is 0 Å². The van der Waals surface area contributed by atoms with Crippen LogP contribution in [0.1, 0.15) is 0 Å². The highest BCUT2D eigenvalue weighted by Crippen LogP contribution is 2.30. The van der Waals surface area contributed by atoms with Crippen molar-refractivity contribution in [2.75, 3.05) is 4.72 Å². The fraction of sp³-hybridized carbons (Fsp3) is 0.0526. The Kier molecular flexibility index (Phi) is 5.36. The molecular weight excluding hydrogens is 453 g/mol. The van der Waals surface area contributed by atoms with Crippen molar-refractivity contribution in [3.05, 3.63) is 59.3 Å². The van der Waals surface area contributed by atoms with Crippen molar-refractivity contribution in [3.8, 4) is 17.0 Å². The Morgan fingerprint density at radius 1 is 1.10 bits per heavy atom. The maximum Gasteiger partial charge on any atom is 0.573 e. The third-order valence-corrected chi connectivity index (χ3v) is 5.61. The van der Waals surface area contributed by atoms with Crippen LogP contribution in [0, 0.1) is 0 Å². The van der Waals surface area contributed by atoms with E-state index in [0.717, 1.165) is 11.4 Å². The number of hydrogen-bond donors (Lipinski definition) is 1. The highest BCUT2D eigenvalue weighted by Gasteiger charge is 2.31. The van der Waals surface area contributed by atoms with Gasteiger partial charge in [-0.1, -0.05) is 35.1 Å². The summed E-state index contributed by atoms with van der Waals surface area (Å²) in [4.78, 5) is 4.45. The minimum absolute atomic E-state index is 0.0721. The summed E-state index contributed by atoms with van der Waals surface area (Å²) in [5.74, 6) is -0.386. The molecule has 0 amide bonds. The third kappa shape index (κ3) is 5.18. The van der Waals surface area contributed by atoms with Crippen LogP contribution < -0.4 is 14.1 Å². The van der Waals surface area contributed by atoms with E-state index in [1.165, 1.54) is 30.5 Å². The van der Waals surface area contributed by atoms with E-state index in [0.29, 0.717) is 22.2 Å². The standard InChI is InChI=1S/C19H12F3N4O3S2/c20-19(21,22)29-14-5-1-4-13(11-14)15-8-7-12-3-2-6-16(17(12)24-15)25-31(27,28)26-18-23-9-10-30-18/h1-11,25H/q+1. The molecule has 158 valence electrons. The predicted octanol–water partition coefficient (Wildman–Crippen LogP) is 3.22. The number of hydrogen-bond acceptors (Lipinski definition) is 4. The molecular formula is C19H12F3N4O3S2+. The fourth-order valence-electron chi connectivity index (χ4n) is 2.77. The second-order valence-electron chi connectivity index (χ2n) is 6.13. The van der Waals surface area contributed by atoms with Crippen molar-refractivity contribution in [1.29, 1.82) is 0 Å². The van der Waals surface area contributed by atoms with Crippen LogP contribution in [-0.2, 0) is 21.6 Å². The minimum atomic E-state index is -4.82. The first kappa shape index (κ1) is 20.8. The van der Waals surface area contributed by atoms with Gasteiger partial charge in [0, 0.05) is 10.9 Å². The Bertz CT molecular complexity index is 1370. The average Bonchev–Trinajstić information content (AvgIpc) is 3.19. The van der Waals surface area contributed by atoms with E-state index in [1.807, 2.05) is 0 Å². The molecule has 0 aliphatic carbocycles. The summed E-state index contributed by atoms with van der Waals surface area (Å²) in [5.41, 5.74) is 1.18. The second-order valence-corrected chi connectivity index (χ2v) is 8.34. The Hall–Kier alpha value is -3.47. The summed E-state index contributed by atoms with van der Waals surface area (Å²) in [5, 5.41) is 2.29. The van der Waals surface area contributed by atoms with Crippen LogP contribution in [0.2, 0.25) is 0 Å². The van der Waals surface area contributed by atoms with Crippen LogP contribution in [0.4, 0.5) is 18.9 Å². The number of alkyl halides is 3. The minimum Gasteiger partial charge on any atom is -0.406 e. The Balaban J connectivity index is 1.69. The van der Waals surface area contributed by atoms with E-state index < -0.39 is 16.6 Å². The number of nitrogens with zero attached hydrogens (tertiary/aromatic N) is 3. The first-order valence-corrected chi connectivity index (χ1v) is 10.9. The van der Waals surface area contributed by atoms with Gasteiger partial charge >= 0.3 is 21.7 Å². The third-order valence-electron chi connectivity index (χ3n) is 3.94. The van der Waals surface area contributed by atoms with Gasteiger partial charge < -0.3 is 9.40 Å². The van der Waals surface area contributed by atoms with Crippen molar-refractivity contribution in [2.24, 2.45) is 0 Å². The van der Waals surface area contributed by atoms with Gasteiger partial charge in [-0.2, -0.15) is 8.42 Å². The zero-order valence-electron chi connectivity index (χ0n) is 15.4. The van der Waals surface area contributed by atoms with Gasteiger partial charge in [-0.25, -0.2) is 4.98 Å². The molecule has 0 unspecified atom stereocenters. The molecule has 0 bridgehead atoms. The molecule has 0 radical (unpaired) electrons. The lowest BCUT2D eigenvalue weighted by Crippen LogP contribution is -2.17. The number of pyridine rings is 1. The number of rotatable bonds is 5. The number of nitrogens with one attached hydrogen (secondary N) is 1. The largest absolute Gasteiger partial charge is 0.573 e.